The van der Waals surface area contributed by atoms with Crippen LogP contribution in [0, 0.1) is 5.92 Å². The number of fused-ring (bicyclic) bond motifs is 2. The molecule has 3 heterocycles. The zero-order valence-corrected chi connectivity index (χ0v) is 21.4. The molecule has 0 amide bonds. The number of hydrogen-bond acceptors (Lipinski definition) is 5. The highest BCUT2D eigenvalue weighted by Crippen LogP contribution is 2.56. The van der Waals surface area contributed by atoms with Gasteiger partial charge < -0.3 is 15.1 Å². The van der Waals surface area contributed by atoms with Gasteiger partial charge in [-0.2, -0.15) is 5.10 Å². The van der Waals surface area contributed by atoms with Crippen molar-refractivity contribution in [1.29, 1.82) is 0 Å². The van der Waals surface area contributed by atoms with Crippen molar-refractivity contribution in [2.24, 2.45) is 13.0 Å². The molecule has 4 aliphatic rings. The van der Waals surface area contributed by atoms with Crippen LogP contribution in [0.1, 0.15) is 48.9 Å². The van der Waals surface area contributed by atoms with Gasteiger partial charge in [-0.25, -0.2) is 0 Å². The van der Waals surface area contributed by atoms with E-state index in [1.54, 1.807) is 0 Å². The molecule has 2 aliphatic heterocycles. The molecule has 3 aromatic rings. The number of rotatable bonds is 5. The second-order valence-electron chi connectivity index (χ2n) is 11.9. The van der Waals surface area contributed by atoms with E-state index in [-0.39, 0.29) is 11.5 Å². The average Bonchev–Trinajstić information content (AvgIpc) is 3.66. The Morgan fingerprint density at radius 1 is 1.03 bits per heavy atom. The number of benzene rings is 2. The maximum atomic E-state index is 12.7. The van der Waals surface area contributed by atoms with Crippen molar-refractivity contribution in [3.8, 4) is 5.75 Å². The molecular formula is C30H38N4O2. The number of hydrogen-bond donors (Lipinski definition) is 2. The summed E-state index contributed by atoms with van der Waals surface area (Å²) in [5.41, 5.74) is 3.85. The van der Waals surface area contributed by atoms with Crippen LogP contribution in [0.5, 0.6) is 5.75 Å². The third kappa shape index (κ3) is 3.45. The van der Waals surface area contributed by atoms with Crippen molar-refractivity contribution in [3.63, 3.8) is 0 Å². The van der Waals surface area contributed by atoms with Gasteiger partial charge in [-0.1, -0.05) is 24.3 Å². The van der Waals surface area contributed by atoms with E-state index in [1.165, 1.54) is 34.9 Å². The molecule has 7 rings (SSSR count). The molecule has 2 saturated heterocycles. The molecule has 36 heavy (non-hydrogen) atoms. The highest BCUT2D eigenvalue weighted by atomic mass is 16.3. The van der Waals surface area contributed by atoms with Gasteiger partial charge in [-0.3, -0.25) is 9.58 Å². The van der Waals surface area contributed by atoms with Crippen LogP contribution in [0.2, 0.25) is 0 Å². The van der Waals surface area contributed by atoms with Gasteiger partial charge in [0.2, 0.25) is 0 Å². The molecule has 6 heteroatoms. The summed E-state index contributed by atoms with van der Waals surface area (Å²) < 4.78 is 1.99. The van der Waals surface area contributed by atoms with Crippen LogP contribution < -0.4 is 0 Å². The fourth-order valence-electron chi connectivity index (χ4n) is 7.87. The van der Waals surface area contributed by atoms with E-state index in [4.69, 9.17) is 5.10 Å². The van der Waals surface area contributed by atoms with Crippen molar-refractivity contribution < 1.29 is 10.2 Å². The molecule has 1 aromatic heterocycles. The van der Waals surface area contributed by atoms with Crippen molar-refractivity contribution in [2.75, 3.05) is 32.7 Å². The minimum atomic E-state index is -0.757. The Balaban J connectivity index is 1.18. The summed E-state index contributed by atoms with van der Waals surface area (Å²) >= 11 is 0. The average molecular weight is 487 g/mol. The van der Waals surface area contributed by atoms with Gasteiger partial charge in [-0.05, 0) is 86.9 Å². The molecule has 3 atom stereocenters. The van der Waals surface area contributed by atoms with Crippen molar-refractivity contribution in [1.82, 2.24) is 19.6 Å². The first-order chi connectivity index (χ1) is 17.5. The SMILES string of the molecule is Cn1nc(CCN2CCC34CCN(CC5CC5)C(Cc5ccc(O)cc53)C4(O)CC2)c2ccccc21. The summed E-state index contributed by atoms with van der Waals surface area (Å²) in [5.74, 6) is 1.14. The second kappa shape index (κ2) is 8.30. The summed E-state index contributed by atoms with van der Waals surface area (Å²) in [6, 6.07) is 14.6. The number of para-hydroxylation sites is 1. The van der Waals surface area contributed by atoms with E-state index in [9.17, 15) is 10.2 Å². The van der Waals surface area contributed by atoms with E-state index in [0.717, 1.165) is 76.4 Å². The topological polar surface area (TPSA) is 64.8 Å². The molecule has 1 saturated carbocycles. The second-order valence-corrected chi connectivity index (χ2v) is 11.9. The number of phenolic OH excluding ortho intramolecular Hbond substituents is 1. The predicted molar refractivity (Wildman–Crippen MR) is 141 cm³/mol. The van der Waals surface area contributed by atoms with Crippen LogP contribution >= 0.6 is 0 Å². The van der Waals surface area contributed by atoms with Gasteiger partial charge in [0.25, 0.3) is 0 Å². The summed E-state index contributed by atoms with van der Waals surface area (Å²) in [7, 11) is 2.03. The smallest absolute Gasteiger partial charge is 0.115 e. The molecule has 190 valence electrons. The lowest BCUT2D eigenvalue weighted by Crippen LogP contribution is -2.71. The van der Waals surface area contributed by atoms with Gasteiger partial charge >= 0.3 is 0 Å². The minimum absolute atomic E-state index is 0.170. The van der Waals surface area contributed by atoms with Crippen molar-refractivity contribution in [2.45, 2.75) is 62.0 Å². The fourth-order valence-corrected chi connectivity index (χ4v) is 7.87. The van der Waals surface area contributed by atoms with Gasteiger partial charge in [0, 0.05) is 49.9 Å². The zero-order chi connectivity index (χ0) is 24.5. The van der Waals surface area contributed by atoms with Crippen molar-refractivity contribution >= 4 is 10.9 Å². The largest absolute Gasteiger partial charge is 0.508 e. The number of likely N-dealkylation sites (tertiary alicyclic amines) is 2. The first kappa shape index (κ1) is 22.8. The maximum absolute atomic E-state index is 12.7. The lowest BCUT2D eigenvalue weighted by molar-refractivity contribution is -0.149. The van der Waals surface area contributed by atoms with Gasteiger partial charge in [0.15, 0.2) is 0 Å². The van der Waals surface area contributed by atoms with Crippen LogP contribution in [0.3, 0.4) is 0 Å². The minimum Gasteiger partial charge on any atom is -0.508 e. The third-order valence-electron chi connectivity index (χ3n) is 10.0. The molecule has 6 nitrogen and oxygen atoms in total. The van der Waals surface area contributed by atoms with E-state index >= 15 is 0 Å². The Bertz CT molecular complexity index is 1300. The lowest BCUT2D eigenvalue weighted by Gasteiger charge is -2.61. The van der Waals surface area contributed by atoms with E-state index < -0.39 is 5.60 Å². The van der Waals surface area contributed by atoms with Gasteiger partial charge in [0.1, 0.15) is 5.75 Å². The Kier molecular flexibility index (Phi) is 5.25. The van der Waals surface area contributed by atoms with E-state index in [1.807, 2.05) is 23.9 Å². The molecule has 2 N–H and O–H groups in total. The Labute approximate surface area is 213 Å². The Hall–Kier alpha value is -2.41. The highest BCUT2D eigenvalue weighted by molar-refractivity contribution is 5.81. The van der Waals surface area contributed by atoms with Crippen LogP contribution in [0.25, 0.3) is 10.9 Å². The summed E-state index contributed by atoms with van der Waals surface area (Å²) in [4.78, 5) is 5.18. The van der Waals surface area contributed by atoms with Crippen LogP contribution in [-0.4, -0.2) is 74.2 Å². The normalized spacial score (nSPS) is 30.7. The van der Waals surface area contributed by atoms with Crippen LogP contribution in [0.15, 0.2) is 42.5 Å². The fraction of sp³-hybridized carbons (Fsp3) is 0.567. The maximum Gasteiger partial charge on any atom is 0.115 e. The Morgan fingerprint density at radius 2 is 1.83 bits per heavy atom. The quantitative estimate of drug-likeness (QED) is 0.577. The number of nitrogens with zero attached hydrogens (tertiary/aromatic N) is 4. The number of phenols is 1. The molecule has 2 aromatic carbocycles. The first-order valence-corrected chi connectivity index (χ1v) is 13.9. The molecule has 2 aliphatic carbocycles. The monoisotopic (exact) mass is 486 g/mol. The molecule has 2 bridgehead atoms. The number of piperidine rings is 1. The molecule has 3 unspecified atom stereocenters. The molecular weight excluding hydrogens is 448 g/mol. The molecule has 0 radical (unpaired) electrons. The number of aromatic hydroxyl groups is 1. The highest BCUT2D eigenvalue weighted by Gasteiger charge is 2.63. The van der Waals surface area contributed by atoms with E-state index in [0.29, 0.717) is 5.75 Å². The molecule has 0 spiro atoms. The standard InChI is InChI=1S/C30H38N4O2/c1-32-27-5-3-2-4-24(27)26(31-32)10-14-33-15-11-29-12-17-34(20-21-6-7-21)28(30(29,36)13-16-33)18-22-8-9-23(35)19-25(22)29/h2-5,8-9,19,21,28,35-36H,6-7,10-18,20H2,1H3. The van der Waals surface area contributed by atoms with Crippen LogP contribution in [0.4, 0.5) is 0 Å². The summed E-state index contributed by atoms with van der Waals surface area (Å²) in [5, 5.41) is 29.2. The first-order valence-electron chi connectivity index (χ1n) is 13.9. The van der Waals surface area contributed by atoms with Crippen molar-refractivity contribution in [3.05, 3.63) is 59.3 Å². The zero-order valence-electron chi connectivity index (χ0n) is 21.4. The lowest BCUT2D eigenvalue weighted by atomic mass is 9.52. The molecule has 3 fully saturated rings. The van der Waals surface area contributed by atoms with Gasteiger partial charge in [0.05, 0.1) is 16.8 Å². The van der Waals surface area contributed by atoms with Gasteiger partial charge in [-0.15, -0.1) is 0 Å². The van der Waals surface area contributed by atoms with E-state index in [2.05, 4.69) is 40.1 Å². The summed E-state index contributed by atoms with van der Waals surface area (Å²) in [6.45, 7) is 5.02. The number of aliphatic hydroxyl groups is 1. The predicted octanol–water partition coefficient (Wildman–Crippen LogP) is 3.63. The third-order valence-corrected chi connectivity index (χ3v) is 10.0. The summed E-state index contributed by atoms with van der Waals surface area (Å²) in [6.07, 6.45) is 7.19. The number of aromatic nitrogens is 2. The number of aryl methyl sites for hydroxylation is 1. The van der Waals surface area contributed by atoms with Crippen LogP contribution in [-0.2, 0) is 25.3 Å². The Morgan fingerprint density at radius 3 is 2.69 bits per heavy atom.